The Morgan fingerprint density at radius 2 is 1.41 bits per heavy atom. The molecule has 0 aromatic heterocycles. The predicted octanol–water partition coefficient (Wildman–Crippen LogP) is 2.19. The number of rotatable bonds is 5. The normalized spacial score (nSPS) is 16.8. The van der Waals surface area contributed by atoms with Crippen molar-refractivity contribution < 1.29 is 19.2 Å². The first-order chi connectivity index (χ1) is 15.5. The zero-order valence-electron chi connectivity index (χ0n) is 17.8. The number of amides is 4. The molecule has 2 heterocycles. The number of carbonyl (C=O) groups is 4. The summed E-state index contributed by atoms with van der Waals surface area (Å²) in [5.74, 6) is -0.946. The minimum atomic E-state index is -0.293. The lowest BCUT2D eigenvalue weighted by atomic mass is 10.0. The smallest absolute Gasteiger partial charge is 0.246 e. The van der Waals surface area contributed by atoms with E-state index in [1.54, 1.807) is 22.0 Å². The fourth-order valence-electron chi connectivity index (χ4n) is 3.94. The fourth-order valence-corrected chi connectivity index (χ4v) is 3.94. The maximum Gasteiger partial charge on any atom is 0.246 e. The first-order valence-electron chi connectivity index (χ1n) is 10.7. The van der Waals surface area contributed by atoms with E-state index in [1.165, 1.54) is 0 Å². The summed E-state index contributed by atoms with van der Waals surface area (Å²) in [4.78, 5) is 52.8. The molecule has 2 aromatic rings. The van der Waals surface area contributed by atoms with Gasteiger partial charge in [0, 0.05) is 45.1 Å². The van der Waals surface area contributed by atoms with Crippen LogP contribution in [0.15, 0.2) is 60.7 Å². The van der Waals surface area contributed by atoms with Crippen LogP contribution >= 0.6 is 0 Å². The highest BCUT2D eigenvalue weighted by molar-refractivity contribution is 6.04. The Balaban J connectivity index is 1.30. The molecule has 0 aliphatic carbocycles. The molecule has 4 rings (SSSR count). The second-order valence-electron chi connectivity index (χ2n) is 7.90. The van der Waals surface area contributed by atoms with Crippen molar-refractivity contribution >= 4 is 29.7 Å². The number of hydrogen-bond donors (Lipinski definition) is 0. The molecule has 2 aromatic carbocycles. The van der Waals surface area contributed by atoms with Gasteiger partial charge in [0.2, 0.25) is 23.6 Å². The molecule has 7 heteroatoms. The number of hydrogen-bond acceptors (Lipinski definition) is 4. The minimum absolute atomic E-state index is 0.105. The highest BCUT2D eigenvalue weighted by Crippen LogP contribution is 2.20. The van der Waals surface area contributed by atoms with E-state index in [9.17, 15) is 19.2 Å². The van der Waals surface area contributed by atoms with Crippen LogP contribution in [0.25, 0.3) is 17.2 Å². The van der Waals surface area contributed by atoms with Crippen LogP contribution in [0.4, 0.5) is 0 Å². The monoisotopic (exact) mass is 431 g/mol. The van der Waals surface area contributed by atoms with Crippen molar-refractivity contribution in [3.8, 4) is 11.1 Å². The predicted molar refractivity (Wildman–Crippen MR) is 120 cm³/mol. The first kappa shape index (κ1) is 21.5. The lowest BCUT2D eigenvalue weighted by Crippen LogP contribution is -2.52. The third kappa shape index (κ3) is 4.94. The van der Waals surface area contributed by atoms with Gasteiger partial charge in [-0.15, -0.1) is 0 Å². The van der Waals surface area contributed by atoms with Gasteiger partial charge in [0.15, 0.2) is 0 Å². The first-order valence-corrected chi connectivity index (χ1v) is 10.7. The van der Waals surface area contributed by atoms with E-state index >= 15 is 0 Å². The number of nitrogens with zero attached hydrogens (tertiary/aromatic N) is 3. The third-order valence-electron chi connectivity index (χ3n) is 5.80. The van der Waals surface area contributed by atoms with Gasteiger partial charge >= 0.3 is 0 Å². The maximum absolute atomic E-state index is 12.6. The van der Waals surface area contributed by atoms with Gasteiger partial charge in [-0.05, 0) is 28.8 Å². The van der Waals surface area contributed by atoms with Crippen LogP contribution < -0.4 is 0 Å². The Hall–Kier alpha value is -3.74. The molecule has 4 amide bonds. The second kappa shape index (κ2) is 9.60. The van der Waals surface area contributed by atoms with Gasteiger partial charge in [0.05, 0.1) is 0 Å². The molecule has 164 valence electrons. The van der Waals surface area contributed by atoms with Gasteiger partial charge in [-0.25, -0.2) is 0 Å². The van der Waals surface area contributed by atoms with E-state index in [2.05, 4.69) is 0 Å². The molecule has 0 saturated carbocycles. The van der Waals surface area contributed by atoms with E-state index in [-0.39, 0.29) is 43.0 Å². The summed E-state index contributed by atoms with van der Waals surface area (Å²) in [5.41, 5.74) is 3.14. The number of piperazine rings is 1. The molecule has 0 N–H and O–H groups in total. The zero-order valence-corrected chi connectivity index (χ0v) is 17.8. The Morgan fingerprint density at radius 1 is 0.781 bits per heavy atom. The third-order valence-corrected chi connectivity index (χ3v) is 5.80. The Bertz CT molecular complexity index is 1040. The van der Waals surface area contributed by atoms with Crippen LogP contribution in [0.3, 0.4) is 0 Å². The summed E-state index contributed by atoms with van der Waals surface area (Å²) in [6.07, 6.45) is 3.71. The van der Waals surface area contributed by atoms with Crippen molar-refractivity contribution in [3.63, 3.8) is 0 Å². The second-order valence-corrected chi connectivity index (χ2v) is 7.90. The van der Waals surface area contributed by atoms with Crippen molar-refractivity contribution in [2.75, 3.05) is 32.7 Å². The Kier molecular flexibility index (Phi) is 6.44. The summed E-state index contributed by atoms with van der Waals surface area (Å²) in [5, 5.41) is 0. The van der Waals surface area contributed by atoms with E-state index in [4.69, 9.17) is 0 Å². The van der Waals surface area contributed by atoms with Crippen LogP contribution in [0.1, 0.15) is 18.4 Å². The zero-order chi connectivity index (χ0) is 22.5. The molecule has 0 spiro atoms. The van der Waals surface area contributed by atoms with Crippen molar-refractivity contribution in [3.05, 3.63) is 66.2 Å². The van der Waals surface area contributed by atoms with E-state index in [0.29, 0.717) is 26.2 Å². The van der Waals surface area contributed by atoms with E-state index in [1.807, 2.05) is 54.6 Å². The molecule has 0 radical (unpaired) electrons. The lowest BCUT2D eigenvalue weighted by molar-refractivity contribution is -0.146. The van der Waals surface area contributed by atoms with Gasteiger partial charge in [-0.2, -0.15) is 0 Å². The van der Waals surface area contributed by atoms with Crippen LogP contribution in [0.2, 0.25) is 0 Å². The summed E-state index contributed by atoms with van der Waals surface area (Å²) >= 11 is 0. The lowest BCUT2D eigenvalue weighted by Gasteiger charge is -2.34. The van der Waals surface area contributed by atoms with Crippen molar-refractivity contribution in [2.45, 2.75) is 12.8 Å². The van der Waals surface area contributed by atoms with Gasteiger partial charge in [0.25, 0.3) is 0 Å². The molecule has 2 aliphatic rings. The van der Waals surface area contributed by atoms with Gasteiger partial charge < -0.3 is 9.80 Å². The van der Waals surface area contributed by atoms with Gasteiger partial charge in [-0.3, -0.25) is 24.1 Å². The van der Waals surface area contributed by atoms with Crippen LogP contribution in [-0.2, 0) is 19.2 Å². The van der Waals surface area contributed by atoms with Gasteiger partial charge in [-0.1, -0.05) is 48.5 Å². The Morgan fingerprint density at radius 3 is 2.09 bits per heavy atom. The Labute approximate surface area is 186 Å². The van der Waals surface area contributed by atoms with Crippen molar-refractivity contribution in [1.29, 1.82) is 0 Å². The minimum Gasteiger partial charge on any atom is -0.338 e. The molecule has 32 heavy (non-hydrogen) atoms. The molecule has 2 saturated heterocycles. The average Bonchev–Trinajstić information content (AvgIpc) is 3.15. The fraction of sp³-hybridized carbons (Fsp3) is 0.280. The van der Waals surface area contributed by atoms with E-state index in [0.717, 1.165) is 21.6 Å². The maximum atomic E-state index is 12.6. The topological polar surface area (TPSA) is 78.0 Å². The standard InChI is InChI=1S/C25H25N3O4/c29-22(10-9-19-5-4-8-21(17-19)20-6-2-1-3-7-20)26-13-15-27(16-14-26)25(32)18-28-23(30)11-12-24(28)31/h1-10,17H,11-16,18H2/b10-9+. The molecule has 7 nitrogen and oxygen atoms in total. The molecular formula is C25H25N3O4. The number of carbonyl (C=O) groups excluding carboxylic acids is 4. The number of imide groups is 1. The van der Waals surface area contributed by atoms with Crippen LogP contribution in [0, 0.1) is 0 Å². The van der Waals surface area contributed by atoms with Crippen LogP contribution in [0.5, 0.6) is 0 Å². The van der Waals surface area contributed by atoms with Crippen molar-refractivity contribution in [1.82, 2.24) is 14.7 Å². The number of likely N-dealkylation sites (tertiary alicyclic amines) is 1. The molecule has 0 bridgehead atoms. The molecule has 2 aliphatic heterocycles. The SMILES string of the molecule is O=C(/C=C/c1cccc(-c2ccccc2)c1)N1CCN(C(=O)CN2C(=O)CCC2=O)CC1. The van der Waals surface area contributed by atoms with E-state index < -0.39 is 0 Å². The summed E-state index contributed by atoms with van der Waals surface area (Å²) in [6.45, 7) is 1.40. The van der Waals surface area contributed by atoms with Crippen LogP contribution in [-0.4, -0.2) is 71.1 Å². The largest absolute Gasteiger partial charge is 0.338 e. The summed E-state index contributed by atoms with van der Waals surface area (Å²) < 4.78 is 0. The quantitative estimate of drug-likeness (QED) is 0.537. The van der Waals surface area contributed by atoms with Gasteiger partial charge in [0.1, 0.15) is 6.54 Å². The molecule has 0 unspecified atom stereocenters. The summed E-state index contributed by atoms with van der Waals surface area (Å²) in [6, 6.07) is 18.0. The molecule has 2 fully saturated rings. The highest BCUT2D eigenvalue weighted by Gasteiger charge is 2.32. The average molecular weight is 431 g/mol. The van der Waals surface area contributed by atoms with Crippen molar-refractivity contribution in [2.24, 2.45) is 0 Å². The molecular weight excluding hydrogens is 406 g/mol. The molecule has 0 atom stereocenters. The number of benzene rings is 2. The summed E-state index contributed by atoms with van der Waals surface area (Å²) in [7, 11) is 0. The highest BCUT2D eigenvalue weighted by atomic mass is 16.2.